The third kappa shape index (κ3) is 3.85. The van der Waals surface area contributed by atoms with E-state index in [2.05, 4.69) is 27.9 Å². The summed E-state index contributed by atoms with van der Waals surface area (Å²) in [5.74, 6) is 0.789. The molecule has 1 N–H and O–H groups in total. The molecule has 2 atom stereocenters. The average molecular weight is 366 g/mol. The minimum absolute atomic E-state index is 0.0254. The molecule has 0 fully saturated rings. The van der Waals surface area contributed by atoms with Gasteiger partial charge in [-0.15, -0.1) is 11.6 Å². The van der Waals surface area contributed by atoms with Crippen LogP contribution in [-0.4, -0.2) is 17.8 Å². The molecule has 17 heavy (non-hydrogen) atoms. The van der Waals surface area contributed by atoms with E-state index in [4.69, 9.17) is 11.6 Å². The molecule has 0 saturated heterocycles. The van der Waals surface area contributed by atoms with Crippen LogP contribution in [0, 0.1) is 16.4 Å². The Kier molecular flexibility index (Phi) is 5.73. The highest BCUT2D eigenvalue weighted by atomic mass is 127. The van der Waals surface area contributed by atoms with Crippen LogP contribution in [0.3, 0.4) is 0 Å². The molecular weight excluding hydrogens is 349 g/mol. The smallest absolute Gasteiger partial charge is 0.252 e. The molecule has 1 aromatic carbocycles. The van der Waals surface area contributed by atoms with Crippen molar-refractivity contribution in [1.82, 2.24) is 5.32 Å². The van der Waals surface area contributed by atoms with Gasteiger partial charge >= 0.3 is 0 Å². The van der Waals surface area contributed by atoms with Crippen LogP contribution >= 0.6 is 34.2 Å². The van der Waals surface area contributed by atoms with Gasteiger partial charge in [-0.1, -0.05) is 19.1 Å². The normalized spacial score (nSPS) is 14.2. The van der Waals surface area contributed by atoms with Crippen LogP contribution in [0.4, 0.5) is 0 Å². The molecule has 0 aliphatic carbocycles. The standard InChI is InChI=1S/C13H17ClINO/c1-8-5-4-6-11(12(8)15)13(17)16-10(3)9(2)7-14/h4-6,9-10H,7H2,1-3H3,(H,16,17). The fraction of sp³-hybridized carbons (Fsp3) is 0.462. The first kappa shape index (κ1) is 14.8. The molecule has 4 heteroatoms. The largest absolute Gasteiger partial charge is 0.349 e. The zero-order valence-electron chi connectivity index (χ0n) is 10.3. The van der Waals surface area contributed by atoms with Gasteiger partial charge in [0.15, 0.2) is 0 Å². The van der Waals surface area contributed by atoms with Gasteiger partial charge in [0.05, 0.1) is 5.56 Å². The first-order valence-electron chi connectivity index (χ1n) is 5.59. The Morgan fingerprint density at radius 2 is 2.12 bits per heavy atom. The second kappa shape index (κ2) is 6.59. The van der Waals surface area contributed by atoms with Crippen LogP contribution in [0.5, 0.6) is 0 Å². The lowest BCUT2D eigenvalue weighted by Gasteiger charge is -2.19. The Bertz CT molecular complexity index is 408. The van der Waals surface area contributed by atoms with Crippen molar-refractivity contribution in [3.63, 3.8) is 0 Å². The maximum atomic E-state index is 12.1. The molecule has 0 saturated carbocycles. The molecule has 0 aliphatic rings. The number of carbonyl (C=O) groups is 1. The second-order valence-corrected chi connectivity index (χ2v) is 5.72. The zero-order chi connectivity index (χ0) is 13.0. The number of carbonyl (C=O) groups excluding carboxylic acids is 1. The summed E-state index contributed by atoms with van der Waals surface area (Å²) in [6.45, 7) is 6.01. The van der Waals surface area contributed by atoms with Crippen LogP contribution in [0.15, 0.2) is 18.2 Å². The van der Waals surface area contributed by atoms with Gasteiger partial charge in [0, 0.05) is 15.5 Å². The lowest BCUT2D eigenvalue weighted by molar-refractivity contribution is 0.0930. The summed E-state index contributed by atoms with van der Waals surface area (Å²) in [7, 11) is 0. The van der Waals surface area contributed by atoms with Gasteiger partial charge in [0.2, 0.25) is 0 Å². The molecule has 0 radical (unpaired) electrons. The van der Waals surface area contributed by atoms with Crippen molar-refractivity contribution >= 4 is 40.1 Å². The minimum Gasteiger partial charge on any atom is -0.349 e. The Labute approximate surface area is 121 Å². The van der Waals surface area contributed by atoms with E-state index < -0.39 is 0 Å². The lowest BCUT2D eigenvalue weighted by Crippen LogP contribution is -2.38. The first-order chi connectivity index (χ1) is 7.97. The van der Waals surface area contributed by atoms with Crippen molar-refractivity contribution in [3.8, 4) is 0 Å². The SMILES string of the molecule is Cc1cccc(C(=O)NC(C)C(C)CCl)c1I. The molecule has 1 amide bonds. The first-order valence-corrected chi connectivity index (χ1v) is 7.20. The minimum atomic E-state index is -0.0254. The highest BCUT2D eigenvalue weighted by molar-refractivity contribution is 14.1. The van der Waals surface area contributed by atoms with Crippen LogP contribution in [0.25, 0.3) is 0 Å². The number of benzene rings is 1. The van der Waals surface area contributed by atoms with Crippen LogP contribution in [0.2, 0.25) is 0 Å². The van der Waals surface area contributed by atoms with Crippen LogP contribution in [-0.2, 0) is 0 Å². The summed E-state index contributed by atoms with van der Waals surface area (Å²) < 4.78 is 1.01. The zero-order valence-corrected chi connectivity index (χ0v) is 13.2. The topological polar surface area (TPSA) is 29.1 Å². The predicted molar refractivity (Wildman–Crippen MR) is 80.7 cm³/mol. The van der Waals surface area contributed by atoms with E-state index in [1.165, 1.54) is 0 Å². The van der Waals surface area contributed by atoms with Crippen molar-refractivity contribution in [2.75, 3.05) is 5.88 Å². The molecule has 2 unspecified atom stereocenters. The summed E-state index contributed by atoms with van der Waals surface area (Å²) in [6, 6.07) is 5.84. The van der Waals surface area contributed by atoms with E-state index in [0.29, 0.717) is 5.88 Å². The van der Waals surface area contributed by atoms with E-state index in [0.717, 1.165) is 14.7 Å². The van der Waals surface area contributed by atoms with Gasteiger partial charge < -0.3 is 5.32 Å². The van der Waals surface area contributed by atoms with Crippen LogP contribution in [0.1, 0.15) is 29.8 Å². The van der Waals surface area contributed by atoms with Crippen molar-refractivity contribution in [2.24, 2.45) is 5.92 Å². The summed E-state index contributed by atoms with van der Waals surface area (Å²) in [6.07, 6.45) is 0. The highest BCUT2D eigenvalue weighted by Crippen LogP contribution is 2.17. The van der Waals surface area contributed by atoms with Gasteiger partial charge in [-0.2, -0.15) is 0 Å². The maximum Gasteiger partial charge on any atom is 0.252 e. The summed E-state index contributed by atoms with van der Waals surface area (Å²) in [5.41, 5.74) is 1.86. The fourth-order valence-corrected chi connectivity index (χ4v) is 2.25. The predicted octanol–water partition coefficient (Wildman–Crippen LogP) is 3.59. The molecular formula is C13H17ClINO. The van der Waals surface area contributed by atoms with Crippen molar-refractivity contribution in [1.29, 1.82) is 0 Å². The van der Waals surface area contributed by atoms with Crippen molar-refractivity contribution < 1.29 is 4.79 Å². The van der Waals surface area contributed by atoms with E-state index in [9.17, 15) is 4.79 Å². The van der Waals surface area contributed by atoms with Gasteiger partial charge in [0.1, 0.15) is 0 Å². The number of alkyl halides is 1. The summed E-state index contributed by atoms with van der Waals surface area (Å²) in [4.78, 5) is 12.1. The van der Waals surface area contributed by atoms with Gasteiger partial charge in [-0.25, -0.2) is 0 Å². The number of hydrogen-bond acceptors (Lipinski definition) is 1. The molecule has 0 aliphatic heterocycles. The Morgan fingerprint density at radius 1 is 1.47 bits per heavy atom. The van der Waals surface area contributed by atoms with Crippen molar-refractivity contribution in [2.45, 2.75) is 26.8 Å². The number of aryl methyl sites for hydroxylation is 1. The Morgan fingerprint density at radius 3 is 2.71 bits per heavy atom. The van der Waals surface area contributed by atoms with Crippen LogP contribution < -0.4 is 5.32 Å². The van der Waals surface area contributed by atoms with Gasteiger partial charge in [0.25, 0.3) is 5.91 Å². The quantitative estimate of drug-likeness (QED) is 0.641. The molecule has 0 bridgehead atoms. The monoisotopic (exact) mass is 365 g/mol. The van der Waals surface area contributed by atoms with E-state index in [1.807, 2.05) is 39.0 Å². The van der Waals surface area contributed by atoms with E-state index in [-0.39, 0.29) is 17.9 Å². The van der Waals surface area contributed by atoms with E-state index in [1.54, 1.807) is 0 Å². The fourth-order valence-electron chi connectivity index (χ4n) is 1.38. The van der Waals surface area contributed by atoms with Crippen molar-refractivity contribution in [3.05, 3.63) is 32.9 Å². The molecule has 2 nitrogen and oxygen atoms in total. The van der Waals surface area contributed by atoms with Gasteiger partial charge in [-0.3, -0.25) is 4.79 Å². The molecule has 1 rings (SSSR count). The Hall–Kier alpha value is -0.290. The summed E-state index contributed by atoms with van der Waals surface area (Å²) in [5, 5.41) is 2.99. The number of nitrogens with one attached hydrogen (secondary N) is 1. The lowest BCUT2D eigenvalue weighted by atomic mass is 10.1. The number of amides is 1. The van der Waals surface area contributed by atoms with E-state index >= 15 is 0 Å². The average Bonchev–Trinajstić information content (AvgIpc) is 2.31. The Balaban J connectivity index is 2.80. The maximum absolute atomic E-state index is 12.1. The summed E-state index contributed by atoms with van der Waals surface area (Å²) >= 11 is 7.99. The molecule has 1 aromatic rings. The highest BCUT2D eigenvalue weighted by Gasteiger charge is 2.17. The molecule has 94 valence electrons. The second-order valence-electron chi connectivity index (χ2n) is 4.33. The molecule has 0 aromatic heterocycles. The molecule has 0 spiro atoms. The third-order valence-corrected chi connectivity index (χ3v) is 4.81. The number of rotatable bonds is 4. The van der Waals surface area contributed by atoms with Gasteiger partial charge in [-0.05, 0) is 54.0 Å². The number of hydrogen-bond donors (Lipinski definition) is 1. The number of halogens is 2. The third-order valence-electron chi connectivity index (χ3n) is 2.89. The molecule has 0 heterocycles.